The number of anilines is 1. The monoisotopic (exact) mass is 398 g/mol. The minimum Gasteiger partial charge on any atom is -0.324 e. The highest BCUT2D eigenvalue weighted by Gasteiger charge is 2.20. The average Bonchev–Trinajstić information content (AvgIpc) is 3.41. The number of aromatic amines is 1. The van der Waals surface area contributed by atoms with Gasteiger partial charge < -0.3 is 10.2 Å². The van der Waals surface area contributed by atoms with Gasteiger partial charge >= 0.3 is 6.03 Å². The van der Waals surface area contributed by atoms with Crippen molar-refractivity contribution in [2.75, 3.05) is 18.4 Å². The van der Waals surface area contributed by atoms with Crippen molar-refractivity contribution in [1.82, 2.24) is 35.1 Å². The number of H-pyrrole nitrogens is 1. The number of nitrogens with one attached hydrogen (secondary N) is 2. The van der Waals surface area contributed by atoms with Gasteiger partial charge in [-0.15, -0.1) is 16.4 Å². The normalized spacial score (nSPS) is 14.8. The molecule has 3 aromatic rings. The quantitative estimate of drug-likeness (QED) is 0.701. The van der Waals surface area contributed by atoms with Crippen LogP contribution in [0.4, 0.5) is 10.5 Å². The van der Waals surface area contributed by atoms with Crippen LogP contribution in [0.1, 0.15) is 38.4 Å². The number of amides is 2. The van der Waals surface area contributed by atoms with Gasteiger partial charge in [0.05, 0.1) is 18.1 Å². The van der Waals surface area contributed by atoms with Crippen LogP contribution in [0.3, 0.4) is 0 Å². The summed E-state index contributed by atoms with van der Waals surface area (Å²) in [5.74, 6) is 0. The molecule has 28 heavy (non-hydrogen) atoms. The van der Waals surface area contributed by atoms with E-state index in [9.17, 15) is 4.79 Å². The highest BCUT2D eigenvalue weighted by atomic mass is 32.1. The zero-order valence-corrected chi connectivity index (χ0v) is 16.6. The summed E-state index contributed by atoms with van der Waals surface area (Å²) < 4.78 is 1.85. The van der Waals surface area contributed by atoms with E-state index in [2.05, 4.69) is 50.7 Å². The third-order valence-corrected chi connectivity index (χ3v) is 5.41. The Bertz CT molecular complexity index is 972. The Morgan fingerprint density at radius 3 is 3.00 bits per heavy atom. The van der Waals surface area contributed by atoms with Crippen LogP contribution in [0, 0.1) is 0 Å². The van der Waals surface area contributed by atoms with Crippen molar-refractivity contribution in [1.29, 1.82) is 0 Å². The number of carbonyl (C=O) groups excluding carboxylic acids is 1. The van der Waals surface area contributed by atoms with Crippen molar-refractivity contribution < 1.29 is 4.79 Å². The van der Waals surface area contributed by atoms with E-state index in [1.54, 1.807) is 12.4 Å². The lowest BCUT2D eigenvalue weighted by Crippen LogP contribution is -2.35. The van der Waals surface area contributed by atoms with E-state index in [-0.39, 0.29) is 12.1 Å². The molecule has 4 heterocycles. The summed E-state index contributed by atoms with van der Waals surface area (Å²) in [7, 11) is 0. The summed E-state index contributed by atoms with van der Waals surface area (Å²) in [6, 6.07) is 0.136. The van der Waals surface area contributed by atoms with Crippen LogP contribution in [0.2, 0.25) is 0 Å². The maximum absolute atomic E-state index is 12.8. The number of nitrogens with zero attached hydrogens (tertiary/aromatic N) is 6. The summed E-state index contributed by atoms with van der Waals surface area (Å²) in [4.78, 5) is 18.9. The maximum atomic E-state index is 12.8. The number of carbonyl (C=O) groups is 1. The molecule has 0 saturated heterocycles. The van der Waals surface area contributed by atoms with Crippen LogP contribution in [-0.4, -0.2) is 54.2 Å². The van der Waals surface area contributed by atoms with Crippen molar-refractivity contribution in [2.45, 2.75) is 32.7 Å². The maximum Gasteiger partial charge on any atom is 0.321 e. The summed E-state index contributed by atoms with van der Waals surface area (Å²) >= 11 is 1.49. The van der Waals surface area contributed by atoms with Crippen LogP contribution < -0.4 is 5.32 Å². The van der Waals surface area contributed by atoms with Gasteiger partial charge in [-0.1, -0.05) is 11.3 Å². The molecule has 4 rings (SSSR count). The van der Waals surface area contributed by atoms with Crippen LogP contribution in [-0.2, 0) is 0 Å². The topological polar surface area (TPSA) is 105 Å². The van der Waals surface area contributed by atoms with Gasteiger partial charge in [0.2, 0.25) is 0 Å². The molecule has 2 N–H and O–H groups in total. The Kier molecular flexibility index (Phi) is 5.20. The summed E-state index contributed by atoms with van der Waals surface area (Å²) in [6.07, 6.45) is 8.99. The standard InChI is InChI=1S/C18H22N8OS/c1-12(2)26-11-15(22-24-26)13-4-3-7-25(8-5-13)18(27)21-14-10-20-23-16(14)17-19-6-9-28-17/h4,6,9-12H,3,5,7-8H2,1-2H3,(H,20,23)(H,21,27). The predicted octanol–water partition coefficient (Wildman–Crippen LogP) is 3.42. The molecule has 0 aliphatic carbocycles. The second-order valence-corrected chi connectivity index (χ2v) is 7.75. The minimum absolute atomic E-state index is 0.139. The molecular weight excluding hydrogens is 376 g/mol. The molecule has 0 unspecified atom stereocenters. The summed E-state index contributed by atoms with van der Waals surface area (Å²) in [5, 5.41) is 21.0. The Hall–Kier alpha value is -3.01. The van der Waals surface area contributed by atoms with Crippen molar-refractivity contribution in [3.8, 4) is 10.7 Å². The Labute approximate surface area is 166 Å². The Morgan fingerprint density at radius 2 is 2.25 bits per heavy atom. The molecule has 10 heteroatoms. The molecule has 1 aliphatic rings. The number of hydrogen-bond donors (Lipinski definition) is 2. The molecule has 0 fully saturated rings. The van der Waals surface area contributed by atoms with Crippen LogP contribution in [0.15, 0.2) is 30.0 Å². The molecule has 0 aromatic carbocycles. The van der Waals surface area contributed by atoms with Crippen LogP contribution >= 0.6 is 11.3 Å². The van der Waals surface area contributed by atoms with Gasteiger partial charge in [-0.25, -0.2) is 14.5 Å². The first kappa shape index (κ1) is 18.4. The molecule has 0 atom stereocenters. The van der Waals surface area contributed by atoms with E-state index in [0.717, 1.165) is 34.8 Å². The van der Waals surface area contributed by atoms with Crippen LogP contribution in [0.25, 0.3) is 16.3 Å². The van der Waals surface area contributed by atoms with E-state index in [1.807, 2.05) is 21.2 Å². The lowest BCUT2D eigenvalue weighted by Gasteiger charge is -2.20. The van der Waals surface area contributed by atoms with Gasteiger partial charge in [0.1, 0.15) is 16.4 Å². The van der Waals surface area contributed by atoms with Crippen LogP contribution in [0.5, 0.6) is 0 Å². The molecule has 0 bridgehead atoms. The van der Waals surface area contributed by atoms with Gasteiger partial charge in [0.15, 0.2) is 0 Å². The SMILES string of the molecule is CC(C)n1cc(C2=CCCN(C(=O)Nc3cn[nH]c3-c3nccs3)CC2)nn1. The van der Waals surface area contributed by atoms with Crippen molar-refractivity contribution >= 4 is 28.6 Å². The first-order chi connectivity index (χ1) is 13.6. The number of aromatic nitrogens is 6. The minimum atomic E-state index is -0.139. The molecule has 3 aromatic heterocycles. The lowest BCUT2D eigenvalue weighted by atomic mass is 10.1. The first-order valence-electron chi connectivity index (χ1n) is 9.22. The fraction of sp³-hybridized carbons (Fsp3) is 0.389. The van der Waals surface area contributed by atoms with E-state index >= 15 is 0 Å². The molecular formula is C18H22N8OS. The molecule has 0 saturated carbocycles. The molecule has 0 spiro atoms. The van der Waals surface area contributed by atoms with Crippen molar-refractivity contribution in [3.63, 3.8) is 0 Å². The summed E-state index contributed by atoms with van der Waals surface area (Å²) in [5.41, 5.74) is 3.38. The van der Waals surface area contributed by atoms with Gasteiger partial charge in [0.25, 0.3) is 0 Å². The third-order valence-electron chi connectivity index (χ3n) is 4.62. The zero-order valence-electron chi connectivity index (χ0n) is 15.8. The number of thiazole rings is 1. The smallest absolute Gasteiger partial charge is 0.321 e. The van der Waals surface area contributed by atoms with E-state index in [4.69, 9.17) is 0 Å². The molecule has 0 radical (unpaired) electrons. The Morgan fingerprint density at radius 1 is 1.36 bits per heavy atom. The fourth-order valence-electron chi connectivity index (χ4n) is 3.06. The number of rotatable bonds is 4. The summed E-state index contributed by atoms with van der Waals surface area (Å²) in [6.45, 7) is 5.42. The van der Waals surface area contributed by atoms with E-state index in [0.29, 0.717) is 18.8 Å². The highest BCUT2D eigenvalue weighted by Crippen LogP contribution is 2.27. The third kappa shape index (κ3) is 3.81. The fourth-order valence-corrected chi connectivity index (χ4v) is 3.71. The molecule has 1 aliphatic heterocycles. The highest BCUT2D eigenvalue weighted by molar-refractivity contribution is 7.13. The average molecular weight is 398 g/mol. The number of urea groups is 1. The molecule has 9 nitrogen and oxygen atoms in total. The second kappa shape index (κ2) is 7.93. The van der Waals surface area contributed by atoms with Crippen molar-refractivity contribution in [3.05, 3.63) is 35.7 Å². The van der Waals surface area contributed by atoms with E-state index < -0.39 is 0 Å². The van der Waals surface area contributed by atoms with E-state index in [1.165, 1.54) is 11.3 Å². The largest absolute Gasteiger partial charge is 0.324 e. The lowest BCUT2D eigenvalue weighted by molar-refractivity contribution is 0.214. The van der Waals surface area contributed by atoms with Gasteiger partial charge in [-0.2, -0.15) is 5.10 Å². The Balaban J connectivity index is 1.40. The van der Waals surface area contributed by atoms with Gasteiger partial charge in [0, 0.05) is 30.7 Å². The first-order valence-corrected chi connectivity index (χ1v) is 10.1. The molecule has 2 amide bonds. The van der Waals surface area contributed by atoms with Gasteiger partial charge in [-0.05, 0) is 32.3 Å². The zero-order chi connectivity index (χ0) is 19.5. The van der Waals surface area contributed by atoms with Crippen molar-refractivity contribution in [2.24, 2.45) is 0 Å². The van der Waals surface area contributed by atoms with Gasteiger partial charge in [-0.3, -0.25) is 5.10 Å². The predicted molar refractivity (Wildman–Crippen MR) is 108 cm³/mol. The number of hydrogen-bond acceptors (Lipinski definition) is 6. The second-order valence-electron chi connectivity index (χ2n) is 6.86. The molecule has 146 valence electrons.